The van der Waals surface area contributed by atoms with Gasteiger partial charge in [-0.15, -0.1) is 0 Å². The van der Waals surface area contributed by atoms with Crippen LogP contribution in [0.4, 0.5) is 0 Å². The van der Waals surface area contributed by atoms with Crippen LogP contribution in [0.15, 0.2) is 48.5 Å². The summed E-state index contributed by atoms with van der Waals surface area (Å²) in [5.74, 6) is -0.660. The molecule has 0 saturated heterocycles. The van der Waals surface area contributed by atoms with E-state index >= 15 is 0 Å². The minimum Gasteiger partial charge on any atom is -0.391 e. The number of hydrogen-bond donors (Lipinski definition) is 1. The maximum absolute atomic E-state index is 12.2. The Bertz CT molecular complexity index is 686. The second kappa shape index (κ2) is 5.73. The number of nitrogens with zero attached hydrogens (tertiary/aromatic N) is 1. The van der Waals surface area contributed by atoms with E-state index < -0.39 is 6.10 Å². The molecule has 0 fully saturated rings. The highest BCUT2D eigenvalue weighted by atomic mass is 16.3. The molecule has 0 aromatic heterocycles. The van der Waals surface area contributed by atoms with Gasteiger partial charge in [-0.05, 0) is 24.6 Å². The van der Waals surface area contributed by atoms with E-state index in [1.54, 1.807) is 24.3 Å². The zero-order chi connectivity index (χ0) is 15.7. The van der Waals surface area contributed by atoms with Crippen LogP contribution in [0.1, 0.15) is 31.8 Å². The SMILES string of the molecule is Cc1ccc(C[C@H](O)CN2C(=O)c3ccccc3C2=O)cc1. The van der Waals surface area contributed by atoms with Crippen molar-refractivity contribution in [3.63, 3.8) is 0 Å². The van der Waals surface area contributed by atoms with Crippen molar-refractivity contribution in [1.82, 2.24) is 4.90 Å². The Morgan fingerprint density at radius 2 is 1.50 bits per heavy atom. The molecule has 2 aromatic carbocycles. The molecule has 3 rings (SSSR count). The van der Waals surface area contributed by atoms with Gasteiger partial charge in [0.15, 0.2) is 0 Å². The lowest BCUT2D eigenvalue weighted by atomic mass is 10.1. The zero-order valence-electron chi connectivity index (χ0n) is 12.3. The Balaban J connectivity index is 1.70. The first-order valence-electron chi connectivity index (χ1n) is 7.25. The average molecular weight is 295 g/mol. The van der Waals surface area contributed by atoms with Crippen molar-refractivity contribution in [3.8, 4) is 0 Å². The summed E-state index contributed by atoms with van der Waals surface area (Å²) < 4.78 is 0. The molecule has 4 nitrogen and oxygen atoms in total. The Hall–Kier alpha value is -2.46. The summed E-state index contributed by atoms with van der Waals surface area (Å²) in [5, 5.41) is 10.2. The molecule has 1 aliphatic heterocycles. The highest BCUT2D eigenvalue weighted by Crippen LogP contribution is 2.22. The van der Waals surface area contributed by atoms with Crippen LogP contribution in [0.2, 0.25) is 0 Å². The van der Waals surface area contributed by atoms with E-state index in [9.17, 15) is 14.7 Å². The van der Waals surface area contributed by atoms with Crippen LogP contribution < -0.4 is 0 Å². The smallest absolute Gasteiger partial charge is 0.261 e. The number of rotatable bonds is 4. The second-order valence-electron chi connectivity index (χ2n) is 5.61. The van der Waals surface area contributed by atoms with Crippen LogP contribution in [0.3, 0.4) is 0 Å². The average Bonchev–Trinajstić information content (AvgIpc) is 2.75. The monoisotopic (exact) mass is 295 g/mol. The summed E-state index contributed by atoms with van der Waals surface area (Å²) in [4.78, 5) is 25.6. The fourth-order valence-corrected chi connectivity index (χ4v) is 2.68. The lowest BCUT2D eigenvalue weighted by molar-refractivity contribution is 0.0544. The molecule has 0 aliphatic carbocycles. The summed E-state index contributed by atoms with van der Waals surface area (Å²) in [6.07, 6.45) is -0.363. The lowest BCUT2D eigenvalue weighted by Crippen LogP contribution is -2.37. The van der Waals surface area contributed by atoms with Gasteiger partial charge in [-0.1, -0.05) is 42.0 Å². The van der Waals surface area contributed by atoms with Crippen molar-refractivity contribution in [2.75, 3.05) is 6.54 Å². The van der Waals surface area contributed by atoms with Crippen LogP contribution in [0, 0.1) is 6.92 Å². The van der Waals surface area contributed by atoms with Gasteiger partial charge in [-0.25, -0.2) is 0 Å². The van der Waals surface area contributed by atoms with Crippen molar-refractivity contribution in [3.05, 3.63) is 70.8 Å². The molecule has 2 amide bonds. The molecule has 4 heteroatoms. The van der Waals surface area contributed by atoms with E-state index in [2.05, 4.69) is 0 Å². The molecule has 0 bridgehead atoms. The third-order valence-electron chi connectivity index (χ3n) is 3.86. The van der Waals surface area contributed by atoms with Gasteiger partial charge in [0, 0.05) is 6.42 Å². The maximum Gasteiger partial charge on any atom is 0.261 e. The fourth-order valence-electron chi connectivity index (χ4n) is 2.68. The number of carbonyl (C=O) groups excluding carboxylic acids is 2. The van der Waals surface area contributed by atoms with Gasteiger partial charge in [0.05, 0.1) is 23.8 Å². The Kier molecular flexibility index (Phi) is 3.77. The molecular formula is C18H17NO3. The highest BCUT2D eigenvalue weighted by Gasteiger charge is 2.35. The summed E-state index contributed by atoms with van der Waals surface area (Å²) >= 11 is 0. The number of hydrogen-bond acceptors (Lipinski definition) is 3. The van der Waals surface area contributed by atoms with Gasteiger partial charge in [0.1, 0.15) is 0 Å². The molecule has 1 N–H and O–H groups in total. The number of amides is 2. The van der Waals surface area contributed by atoms with Crippen LogP contribution in [-0.2, 0) is 6.42 Å². The van der Waals surface area contributed by atoms with Gasteiger partial charge in [-0.2, -0.15) is 0 Å². The van der Waals surface area contributed by atoms with Crippen molar-refractivity contribution >= 4 is 11.8 Å². The number of β-amino-alcohol motifs (C(OH)–C–C–N with tert-alkyl or cyclic N) is 1. The second-order valence-corrected chi connectivity index (χ2v) is 5.61. The third-order valence-corrected chi connectivity index (χ3v) is 3.86. The zero-order valence-corrected chi connectivity index (χ0v) is 12.3. The topological polar surface area (TPSA) is 57.6 Å². The number of imide groups is 1. The molecule has 1 aliphatic rings. The number of aliphatic hydroxyl groups excluding tert-OH is 1. The van der Waals surface area contributed by atoms with Crippen LogP contribution in [0.5, 0.6) is 0 Å². The number of aliphatic hydroxyl groups is 1. The van der Waals surface area contributed by atoms with Gasteiger partial charge in [0.2, 0.25) is 0 Å². The summed E-state index contributed by atoms with van der Waals surface area (Å²) in [6.45, 7) is 2.01. The predicted octanol–water partition coefficient (Wildman–Crippen LogP) is 2.19. The molecule has 1 atom stereocenters. The van der Waals surface area contributed by atoms with Gasteiger partial charge in [-0.3, -0.25) is 14.5 Å². The first-order valence-corrected chi connectivity index (χ1v) is 7.25. The molecule has 2 aromatic rings. The quantitative estimate of drug-likeness (QED) is 0.880. The van der Waals surface area contributed by atoms with E-state index in [1.165, 1.54) is 0 Å². The summed E-state index contributed by atoms with van der Waals surface area (Å²) in [6, 6.07) is 14.6. The first-order chi connectivity index (χ1) is 10.6. The Morgan fingerprint density at radius 1 is 0.955 bits per heavy atom. The molecule has 0 radical (unpaired) electrons. The van der Waals surface area contributed by atoms with Gasteiger partial charge < -0.3 is 5.11 Å². The van der Waals surface area contributed by atoms with E-state index in [0.717, 1.165) is 16.0 Å². The third kappa shape index (κ3) is 2.65. The molecular weight excluding hydrogens is 278 g/mol. The maximum atomic E-state index is 12.2. The first kappa shape index (κ1) is 14.5. The molecule has 0 unspecified atom stereocenters. The van der Waals surface area contributed by atoms with E-state index in [1.807, 2.05) is 31.2 Å². The van der Waals surface area contributed by atoms with Crippen molar-refractivity contribution in [1.29, 1.82) is 0 Å². The van der Waals surface area contributed by atoms with Crippen molar-refractivity contribution < 1.29 is 14.7 Å². The Morgan fingerprint density at radius 3 is 2.05 bits per heavy atom. The normalized spacial score (nSPS) is 15.1. The standard InChI is InChI=1S/C18H17NO3/c1-12-6-8-13(9-7-12)10-14(20)11-19-17(21)15-4-2-3-5-16(15)18(19)22/h2-9,14,20H,10-11H2,1H3/t14-/m0/s1. The number of aryl methyl sites for hydroxylation is 1. The van der Waals surface area contributed by atoms with E-state index in [4.69, 9.17) is 0 Å². The fraction of sp³-hybridized carbons (Fsp3) is 0.222. The van der Waals surface area contributed by atoms with E-state index in [-0.39, 0.29) is 18.4 Å². The minimum atomic E-state index is -0.773. The summed E-state index contributed by atoms with van der Waals surface area (Å²) in [7, 11) is 0. The molecule has 22 heavy (non-hydrogen) atoms. The van der Waals surface area contributed by atoms with Crippen LogP contribution in [0.25, 0.3) is 0 Å². The molecule has 0 spiro atoms. The van der Waals surface area contributed by atoms with E-state index in [0.29, 0.717) is 17.5 Å². The molecule has 112 valence electrons. The van der Waals surface area contributed by atoms with Crippen molar-refractivity contribution in [2.45, 2.75) is 19.4 Å². The van der Waals surface area contributed by atoms with Gasteiger partial charge in [0.25, 0.3) is 11.8 Å². The van der Waals surface area contributed by atoms with Crippen LogP contribution in [-0.4, -0.2) is 34.5 Å². The number of carbonyl (C=O) groups is 2. The molecule has 1 heterocycles. The molecule has 0 saturated carbocycles. The Labute approximate surface area is 129 Å². The largest absolute Gasteiger partial charge is 0.391 e. The van der Waals surface area contributed by atoms with Crippen molar-refractivity contribution in [2.24, 2.45) is 0 Å². The minimum absolute atomic E-state index is 0.0141. The lowest BCUT2D eigenvalue weighted by Gasteiger charge is -2.18. The number of benzene rings is 2. The highest BCUT2D eigenvalue weighted by molar-refractivity contribution is 6.21. The summed E-state index contributed by atoms with van der Waals surface area (Å²) in [5.41, 5.74) is 2.96. The number of fused-ring (bicyclic) bond motifs is 1. The van der Waals surface area contributed by atoms with Gasteiger partial charge >= 0.3 is 0 Å². The predicted molar refractivity (Wildman–Crippen MR) is 82.7 cm³/mol. The van der Waals surface area contributed by atoms with Crippen LogP contribution >= 0.6 is 0 Å².